The van der Waals surface area contributed by atoms with Gasteiger partial charge in [-0.25, -0.2) is 30.4 Å². The number of carboxylic acid groups (broad SMARTS) is 3. The molecule has 0 saturated heterocycles. The van der Waals surface area contributed by atoms with Crippen LogP contribution in [0, 0.1) is 5.92 Å². The second-order valence-corrected chi connectivity index (χ2v) is 27.4. The van der Waals surface area contributed by atoms with E-state index < -0.39 is 159 Å². The molecule has 18 N–H and O–H groups in total. The minimum atomic E-state index is -1.68. The number of hydrogen-bond acceptors (Lipinski definition) is 29. The molecule has 42 heteroatoms. The molecule has 1 aliphatic rings. The van der Waals surface area contributed by atoms with E-state index >= 15 is 0 Å². The third-order valence-electron chi connectivity index (χ3n) is 14.2. The highest BCUT2D eigenvalue weighted by Gasteiger charge is 2.30. The second-order valence-electron chi connectivity index (χ2n) is 22.2. The van der Waals surface area contributed by atoms with Gasteiger partial charge < -0.3 is 93.9 Å². The third-order valence-corrected chi connectivity index (χ3v) is 18.9. The number of hydrazine groups is 1. The molecule has 38 nitrogen and oxygen atoms in total. The molecule has 2 aromatic heterocycles. The van der Waals surface area contributed by atoms with Crippen molar-refractivity contribution in [3.05, 3.63) is 71.2 Å². The maximum absolute atomic E-state index is 13.7. The van der Waals surface area contributed by atoms with Gasteiger partial charge in [-0.3, -0.25) is 67.3 Å². The molecule has 1 aromatic carbocycles. The normalized spacial score (nSPS) is 14.2. The number of aromatic nitrogens is 4. The Bertz CT molecular complexity index is 3340. The van der Waals surface area contributed by atoms with Gasteiger partial charge in [-0.05, 0) is 75.1 Å². The van der Waals surface area contributed by atoms with Crippen molar-refractivity contribution in [1.29, 1.82) is 0 Å². The summed E-state index contributed by atoms with van der Waals surface area (Å²) in [5.74, 6) is -6.54. The minimum Gasteiger partial charge on any atom is -0.481 e. The Morgan fingerprint density at radius 1 is 0.608 bits per heavy atom. The van der Waals surface area contributed by atoms with Gasteiger partial charge in [-0.2, -0.15) is 0 Å². The fourth-order valence-electron chi connectivity index (χ4n) is 8.80. The number of rotatable bonds is 49. The molecule has 0 radical (unpaired) electrons. The van der Waals surface area contributed by atoms with Crippen molar-refractivity contribution in [2.75, 3.05) is 80.5 Å². The van der Waals surface area contributed by atoms with E-state index in [4.69, 9.17) is 25.8 Å². The Morgan fingerprint density at radius 3 is 1.79 bits per heavy atom. The number of carboxylic acids is 3. The summed E-state index contributed by atoms with van der Waals surface area (Å²) in [6, 6.07) is -0.185. The number of nitrogen functional groups attached to an aromatic ring is 1. The van der Waals surface area contributed by atoms with Crippen molar-refractivity contribution >= 4 is 144 Å². The SMILES string of the molecule is C[C@H]1CC[C@@H](OCCOC(=O)OCCSSCCC(=O)NC[C@H](NC(=O)CNC(=O)[C@H](CCC(=O)O)NC(=O)CNC(=O)[C@H](CCC(=O)O)NC(=O)CNC(=O)CCCNC(=O)c2ccc(NCc3cnc(NN)c(C(N)=O)n3)cc2)C(=O)N[C@@H](CSSCc2cnc(C=O)cn2)C(=O)O)CC1. The van der Waals surface area contributed by atoms with Crippen molar-refractivity contribution in [1.82, 2.24) is 67.8 Å². The number of amides is 10. The van der Waals surface area contributed by atoms with Gasteiger partial charge in [-0.1, -0.05) is 50.1 Å². The summed E-state index contributed by atoms with van der Waals surface area (Å²) in [5.41, 5.74) is 9.24. The minimum absolute atomic E-state index is 0.00819. The Morgan fingerprint density at radius 2 is 1.21 bits per heavy atom. The molecule has 3 aromatic rings. The monoisotopic (exact) mass is 1510 g/mol. The maximum atomic E-state index is 13.7. The molecule has 10 amide bonds. The number of nitrogens with two attached hydrogens (primary N) is 2. The first-order valence-corrected chi connectivity index (χ1v) is 36.6. The van der Waals surface area contributed by atoms with E-state index in [9.17, 15) is 87.2 Å². The van der Waals surface area contributed by atoms with Crippen LogP contribution in [0.5, 0.6) is 0 Å². The molecule has 558 valence electrons. The van der Waals surface area contributed by atoms with Crippen molar-refractivity contribution in [2.45, 2.75) is 120 Å². The van der Waals surface area contributed by atoms with Crippen LogP contribution in [0.25, 0.3) is 0 Å². The van der Waals surface area contributed by atoms with E-state index in [-0.39, 0.29) is 98.3 Å². The molecule has 0 aliphatic heterocycles. The van der Waals surface area contributed by atoms with Crippen LogP contribution >= 0.6 is 43.2 Å². The molecular weight excluding hydrogens is 1420 g/mol. The topological polar surface area (TPSA) is 580 Å². The highest BCUT2D eigenvalue weighted by molar-refractivity contribution is 8.76. The van der Waals surface area contributed by atoms with Gasteiger partial charge in [0.1, 0.15) is 43.1 Å². The second kappa shape index (κ2) is 47.5. The number of hydrogen-bond donors (Lipinski definition) is 16. The van der Waals surface area contributed by atoms with E-state index in [2.05, 4.69) is 85.5 Å². The van der Waals surface area contributed by atoms with Gasteiger partial charge in [0.2, 0.25) is 47.3 Å². The Kier molecular flexibility index (Phi) is 39.4. The number of primary amides is 1. The summed E-state index contributed by atoms with van der Waals surface area (Å²) >= 11 is 0. The predicted octanol–water partition coefficient (Wildman–Crippen LogP) is -1.09. The van der Waals surface area contributed by atoms with Crippen molar-refractivity contribution in [3.8, 4) is 0 Å². The Balaban J connectivity index is 1.24. The molecule has 0 bridgehead atoms. The summed E-state index contributed by atoms with van der Waals surface area (Å²) in [6.45, 7) is -0.410. The van der Waals surface area contributed by atoms with Gasteiger partial charge in [-0.15, -0.1) is 0 Å². The predicted molar refractivity (Wildman–Crippen MR) is 370 cm³/mol. The van der Waals surface area contributed by atoms with Crippen molar-refractivity contribution < 1.29 is 101 Å². The summed E-state index contributed by atoms with van der Waals surface area (Å²) in [7, 11) is 4.75. The Labute approximate surface area is 599 Å². The standard InChI is InChI=1S/C60H83N17O21S4/c1-34-4-10-40(11-5-34)96-18-19-97-60(95)98-20-22-100-99-21-16-46(80)67-27-43(58(92)76-44(59(93)94)33-102-101-32-39-26-65-38(31-78)25-66-39)75-49(83)30-71-57(91)42(13-15-51(86)87)74-48(82)29-70-56(90)41(12-14-50(84)85)73-47(81)28-68-45(79)3-2-17-63-55(89)35-6-8-36(9-7-35)64-23-37-24-69-54(77-62)52(72-37)53(61)88/h6-9,24-26,31,34,40-44,64H,2-5,10-23,27-30,32-33,62H2,1H3,(H2,61,88)(H,63,89)(H,67,80)(H,68,79)(H,69,77)(H,70,90)(H,71,91)(H,73,81)(H,74,82)(H,75,83)(H,76,92)(H,84,85)(H,86,87)(H,93,94)/t34-,40+,41-,42-,43-,44-/m0/s1. The zero-order valence-electron chi connectivity index (χ0n) is 55.3. The molecule has 0 spiro atoms. The van der Waals surface area contributed by atoms with Crippen molar-refractivity contribution in [2.24, 2.45) is 17.5 Å². The van der Waals surface area contributed by atoms with Crippen molar-refractivity contribution in [3.63, 3.8) is 0 Å². The molecule has 102 heavy (non-hydrogen) atoms. The first-order valence-electron chi connectivity index (χ1n) is 31.7. The molecule has 4 atom stereocenters. The molecule has 1 fully saturated rings. The third kappa shape index (κ3) is 35.1. The smallest absolute Gasteiger partial charge is 0.481 e. The number of anilines is 2. The largest absolute Gasteiger partial charge is 0.508 e. The van der Waals surface area contributed by atoms with Crippen LogP contribution in [-0.2, 0) is 79.2 Å². The first-order chi connectivity index (χ1) is 48.8. The lowest BCUT2D eigenvalue weighted by atomic mass is 9.89. The van der Waals surface area contributed by atoms with Crippen LogP contribution in [0.4, 0.5) is 16.3 Å². The number of benzene rings is 1. The molecule has 2 heterocycles. The van der Waals surface area contributed by atoms with E-state index in [0.717, 1.165) is 47.3 Å². The van der Waals surface area contributed by atoms with E-state index in [1.807, 2.05) is 0 Å². The lowest BCUT2D eigenvalue weighted by molar-refractivity contribution is -0.141. The van der Waals surface area contributed by atoms with E-state index in [1.165, 1.54) is 52.3 Å². The number of nitrogens with zero attached hydrogens (tertiary/aromatic N) is 4. The fourth-order valence-corrected chi connectivity index (χ4v) is 12.7. The molecule has 0 unspecified atom stereocenters. The highest BCUT2D eigenvalue weighted by Crippen LogP contribution is 2.27. The molecule has 4 rings (SSSR count). The van der Waals surface area contributed by atoms with Crippen LogP contribution < -0.4 is 70.2 Å². The van der Waals surface area contributed by atoms with Crippen LogP contribution in [0.3, 0.4) is 0 Å². The van der Waals surface area contributed by atoms with Gasteiger partial charge in [0.05, 0.1) is 68.9 Å². The zero-order chi connectivity index (χ0) is 74.8. The van der Waals surface area contributed by atoms with Crippen LogP contribution in [0.1, 0.15) is 120 Å². The van der Waals surface area contributed by atoms with Gasteiger partial charge in [0.15, 0.2) is 17.8 Å². The molecule has 1 aliphatic carbocycles. The maximum Gasteiger partial charge on any atom is 0.508 e. The lowest BCUT2D eigenvalue weighted by Crippen LogP contribution is -2.58. The summed E-state index contributed by atoms with van der Waals surface area (Å²) in [6.07, 6.45) is 5.35. The van der Waals surface area contributed by atoms with Crippen LogP contribution in [0.2, 0.25) is 0 Å². The number of carbonyl (C=O) groups excluding carboxylic acids is 12. The average molecular weight is 1510 g/mol. The summed E-state index contributed by atoms with van der Waals surface area (Å²) in [4.78, 5) is 204. The first kappa shape index (κ1) is 84.8. The summed E-state index contributed by atoms with van der Waals surface area (Å²) < 4.78 is 15.9. The average Bonchev–Trinajstić information content (AvgIpc) is 0.852. The number of nitrogens with one attached hydrogen (secondary N) is 11. The summed E-state index contributed by atoms with van der Waals surface area (Å²) in [5, 5.41) is 52.8. The zero-order valence-corrected chi connectivity index (χ0v) is 58.6. The van der Waals surface area contributed by atoms with E-state index in [0.29, 0.717) is 35.0 Å². The van der Waals surface area contributed by atoms with Gasteiger partial charge in [0, 0.05) is 73.0 Å². The quantitative estimate of drug-likeness (QED) is 0.00797. The van der Waals surface area contributed by atoms with Gasteiger partial charge >= 0.3 is 24.1 Å². The van der Waals surface area contributed by atoms with Crippen LogP contribution in [0.15, 0.2) is 42.9 Å². The number of carbonyl (C=O) groups is 15. The number of ether oxygens (including phenoxy) is 3. The van der Waals surface area contributed by atoms with Gasteiger partial charge in [0.25, 0.3) is 11.8 Å². The van der Waals surface area contributed by atoms with E-state index in [1.54, 1.807) is 12.1 Å². The molecular formula is C60H83N17O21S4. The number of aliphatic carboxylic acids is 3. The van der Waals surface area contributed by atoms with Crippen LogP contribution in [-0.4, -0.2) is 225 Å². The molecule has 1 saturated carbocycles. The Hall–Kier alpha value is -9.65. The fraction of sp³-hybridized carbons (Fsp3) is 0.517. The number of aldehydes is 1. The highest BCUT2D eigenvalue weighted by atomic mass is 33.1. The lowest BCUT2D eigenvalue weighted by Gasteiger charge is -2.26.